The number of carbonyl (C=O) groups is 2. The number of halogens is 1. The van der Waals surface area contributed by atoms with E-state index < -0.39 is 11.9 Å². The third-order valence-electron chi connectivity index (χ3n) is 2.71. The van der Waals surface area contributed by atoms with Gasteiger partial charge in [-0.1, -0.05) is 12.1 Å². The standard InChI is InChI=1S/C15H16FN3O3/c16-13-3-1-11(2-4-13)5-7-18-10-12(9-17)15(22)19-8-6-14(20)21/h1-4,10,18H,5-8H2,(H,19,22)(H,20,21)/b12-10-. The van der Waals surface area contributed by atoms with Crippen LogP contribution in [-0.2, 0) is 16.0 Å². The number of hydrogen-bond acceptors (Lipinski definition) is 4. The summed E-state index contributed by atoms with van der Waals surface area (Å²) in [6.07, 6.45) is 1.68. The Morgan fingerprint density at radius 3 is 2.55 bits per heavy atom. The highest BCUT2D eigenvalue weighted by atomic mass is 19.1. The highest BCUT2D eigenvalue weighted by Gasteiger charge is 2.08. The number of carboxylic acids is 1. The number of nitriles is 1. The molecule has 0 bridgehead atoms. The maximum absolute atomic E-state index is 12.7. The first-order valence-electron chi connectivity index (χ1n) is 6.61. The van der Waals surface area contributed by atoms with Crippen molar-refractivity contribution in [2.45, 2.75) is 12.8 Å². The Balaban J connectivity index is 2.38. The number of rotatable bonds is 8. The molecule has 0 saturated heterocycles. The fraction of sp³-hybridized carbons (Fsp3) is 0.267. The molecule has 0 radical (unpaired) electrons. The fourth-order valence-corrected chi connectivity index (χ4v) is 1.57. The summed E-state index contributed by atoms with van der Waals surface area (Å²) in [4.78, 5) is 21.9. The maximum Gasteiger partial charge on any atom is 0.305 e. The molecule has 22 heavy (non-hydrogen) atoms. The smallest absolute Gasteiger partial charge is 0.305 e. The second-order valence-electron chi connectivity index (χ2n) is 4.40. The number of nitrogens with one attached hydrogen (secondary N) is 2. The minimum absolute atomic E-state index is 0.0389. The molecule has 116 valence electrons. The van der Waals surface area contributed by atoms with Crippen LogP contribution in [0.1, 0.15) is 12.0 Å². The number of hydrogen-bond donors (Lipinski definition) is 3. The van der Waals surface area contributed by atoms with Gasteiger partial charge in [0.25, 0.3) is 5.91 Å². The first-order chi connectivity index (χ1) is 10.5. The Labute approximate surface area is 127 Å². The topological polar surface area (TPSA) is 102 Å². The van der Waals surface area contributed by atoms with E-state index in [-0.39, 0.29) is 24.4 Å². The summed E-state index contributed by atoms with van der Waals surface area (Å²) in [5, 5.41) is 22.5. The van der Waals surface area contributed by atoms with Crippen molar-refractivity contribution in [1.29, 1.82) is 5.26 Å². The van der Waals surface area contributed by atoms with Gasteiger partial charge in [0.1, 0.15) is 17.5 Å². The van der Waals surface area contributed by atoms with E-state index in [1.807, 2.05) is 0 Å². The van der Waals surface area contributed by atoms with E-state index in [9.17, 15) is 14.0 Å². The lowest BCUT2D eigenvalue weighted by atomic mass is 10.1. The number of nitrogens with zero attached hydrogens (tertiary/aromatic N) is 1. The van der Waals surface area contributed by atoms with Crippen LogP contribution in [0, 0.1) is 17.1 Å². The molecule has 0 saturated carbocycles. The lowest BCUT2D eigenvalue weighted by Gasteiger charge is -2.04. The third kappa shape index (κ3) is 6.52. The zero-order valence-electron chi connectivity index (χ0n) is 11.8. The quantitative estimate of drug-likeness (QED) is 0.377. The van der Waals surface area contributed by atoms with Crippen molar-refractivity contribution in [1.82, 2.24) is 10.6 Å². The number of carboxylic acid groups (broad SMARTS) is 1. The number of benzene rings is 1. The molecule has 1 amide bonds. The zero-order chi connectivity index (χ0) is 16.4. The van der Waals surface area contributed by atoms with E-state index in [4.69, 9.17) is 10.4 Å². The van der Waals surface area contributed by atoms with E-state index in [1.54, 1.807) is 18.2 Å². The van der Waals surface area contributed by atoms with Crippen LogP contribution < -0.4 is 10.6 Å². The SMILES string of the molecule is N#C/C(=C/NCCc1ccc(F)cc1)C(=O)NCCC(=O)O. The summed E-state index contributed by atoms with van der Waals surface area (Å²) in [7, 11) is 0. The van der Waals surface area contributed by atoms with Gasteiger partial charge in [-0.15, -0.1) is 0 Å². The molecule has 0 aliphatic heterocycles. The summed E-state index contributed by atoms with van der Waals surface area (Å²) in [5.74, 6) is -1.96. The van der Waals surface area contributed by atoms with Gasteiger partial charge in [-0.25, -0.2) is 4.39 Å². The number of amides is 1. The molecule has 1 aromatic rings. The van der Waals surface area contributed by atoms with Gasteiger partial charge >= 0.3 is 5.97 Å². The average Bonchev–Trinajstić information content (AvgIpc) is 2.48. The summed E-state index contributed by atoms with van der Waals surface area (Å²) in [6, 6.07) is 7.78. The third-order valence-corrected chi connectivity index (χ3v) is 2.71. The Kier molecular flexibility index (Phi) is 7.13. The van der Waals surface area contributed by atoms with Crippen LogP contribution in [0.4, 0.5) is 4.39 Å². The molecule has 0 aromatic heterocycles. The number of carbonyl (C=O) groups excluding carboxylic acids is 1. The number of aliphatic carboxylic acids is 1. The minimum atomic E-state index is -1.03. The van der Waals surface area contributed by atoms with Gasteiger partial charge in [-0.2, -0.15) is 5.26 Å². The normalized spacial score (nSPS) is 10.6. The summed E-state index contributed by atoms with van der Waals surface area (Å²) >= 11 is 0. The van der Waals surface area contributed by atoms with Gasteiger partial charge in [0, 0.05) is 19.3 Å². The van der Waals surface area contributed by atoms with Crippen molar-refractivity contribution in [3.05, 3.63) is 47.4 Å². The molecule has 7 heteroatoms. The maximum atomic E-state index is 12.7. The van der Waals surface area contributed by atoms with Gasteiger partial charge in [0.05, 0.1) is 6.42 Å². The van der Waals surface area contributed by atoms with Crippen molar-refractivity contribution in [3.63, 3.8) is 0 Å². The molecule has 0 unspecified atom stereocenters. The summed E-state index contributed by atoms with van der Waals surface area (Å²) in [6.45, 7) is 0.433. The molecule has 0 spiro atoms. The van der Waals surface area contributed by atoms with E-state index in [0.29, 0.717) is 13.0 Å². The van der Waals surface area contributed by atoms with Gasteiger partial charge in [-0.3, -0.25) is 9.59 Å². The molecule has 3 N–H and O–H groups in total. The van der Waals surface area contributed by atoms with Crippen LogP contribution in [0.3, 0.4) is 0 Å². The van der Waals surface area contributed by atoms with Crippen LogP contribution in [0.15, 0.2) is 36.0 Å². The molecule has 0 aliphatic carbocycles. The van der Waals surface area contributed by atoms with Crippen molar-refractivity contribution >= 4 is 11.9 Å². The monoisotopic (exact) mass is 305 g/mol. The molecule has 0 fully saturated rings. The van der Waals surface area contributed by atoms with Crippen molar-refractivity contribution < 1.29 is 19.1 Å². The second-order valence-corrected chi connectivity index (χ2v) is 4.40. The largest absolute Gasteiger partial charge is 0.481 e. The second kappa shape index (κ2) is 9.13. The van der Waals surface area contributed by atoms with E-state index in [1.165, 1.54) is 18.3 Å². The Morgan fingerprint density at radius 2 is 1.95 bits per heavy atom. The van der Waals surface area contributed by atoms with E-state index in [2.05, 4.69) is 10.6 Å². The van der Waals surface area contributed by atoms with Crippen LogP contribution in [0.2, 0.25) is 0 Å². The van der Waals surface area contributed by atoms with Gasteiger partial charge in [0.15, 0.2) is 0 Å². The highest BCUT2D eigenvalue weighted by Crippen LogP contribution is 2.02. The van der Waals surface area contributed by atoms with Gasteiger partial charge < -0.3 is 15.7 Å². The van der Waals surface area contributed by atoms with Crippen molar-refractivity contribution in [2.24, 2.45) is 0 Å². The predicted octanol–water partition coefficient (Wildman–Crippen LogP) is 0.956. The summed E-state index contributed by atoms with van der Waals surface area (Å²) < 4.78 is 12.7. The van der Waals surface area contributed by atoms with Gasteiger partial charge in [0.2, 0.25) is 0 Å². The predicted molar refractivity (Wildman–Crippen MR) is 77.1 cm³/mol. The minimum Gasteiger partial charge on any atom is -0.481 e. The van der Waals surface area contributed by atoms with Crippen LogP contribution in [-0.4, -0.2) is 30.1 Å². The Morgan fingerprint density at radius 1 is 1.27 bits per heavy atom. The molecule has 0 aliphatic rings. The molecular weight excluding hydrogens is 289 g/mol. The lowest BCUT2D eigenvalue weighted by Crippen LogP contribution is -2.28. The van der Waals surface area contributed by atoms with Gasteiger partial charge in [-0.05, 0) is 24.1 Å². The first-order valence-corrected chi connectivity index (χ1v) is 6.61. The summed E-state index contributed by atoms with van der Waals surface area (Å²) in [5.41, 5.74) is 0.788. The molecule has 6 nitrogen and oxygen atoms in total. The molecular formula is C15H16FN3O3. The highest BCUT2D eigenvalue weighted by molar-refractivity contribution is 5.97. The molecule has 0 heterocycles. The Bertz CT molecular complexity index is 591. The van der Waals surface area contributed by atoms with Crippen molar-refractivity contribution in [2.75, 3.05) is 13.1 Å². The zero-order valence-corrected chi connectivity index (χ0v) is 11.8. The first kappa shape index (κ1) is 17.2. The average molecular weight is 305 g/mol. The lowest BCUT2D eigenvalue weighted by molar-refractivity contribution is -0.136. The molecule has 0 atom stereocenters. The van der Waals surface area contributed by atoms with E-state index >= 15 is 0 Å². The Hall–Kier alpha value is -2.88. The molecule has 1 aromatic carbocycles. The van der Waals surface area contributed by atoms with Crippen molar-refractivity contribution in [3.8, 4) is 6.07 Å². The fourth-order valence-electron chi connectivity index (χ4n) is 1.57. The van der Waals surface area contributed by atoms with Crippen LogP contribution in [0.25, 0.3) is 0 Å². The van der Waals surface area contributed by atoms with Crippen LogP contribution in [0.5, 0.6) is 0 Å². The molecule has 1 rings (SSSR count). The van der Waals surface area contributed by atoms with Crippen LogP contribution >= 0.6 is 0 Å². The van der Waals surface area contributed by atoms with E-state index in [0.717, 1.165) is 5.56 Å².